The van der Waals surface area contributed by atoms with Gasteiger partial charge in [0.15, 0.2) is 0 Å². The van der Waals surface area contributed by atoms with E-state index in [1.165, 1.54) is 13.2 Å². The first-order chi connectivity index (χ1) is 6.69. The molecule has 0 N–H and O–H groups in total. The van der Waals surface area contributed by atoms with E-state index in [9.17, 15) is 4.79 Å². The molecule has 0 saturated carbocycles. The first-order valence-electron chi connectivity index (χ1n) is 3.86. The molecule has 0 radical (unpaired) electrons. The second kappa shape index (κ2) is 4.23. The maximum atomic E-state index is 11.0. The molecule has 0 bridgehead atoms. The first kappa shape index (κ1) is 9.99. The highest BCUT2D eigenvalue weighted by atomic mass is 16.5. The highest BCUT2D eigenvalue weighted by molar-refractivity contribution is 5.97. The number of imidazole rings is 1. The van der Waals surface area contributed by atoms with Crippen LogP contribution in [-0.4, -0.2) is 22.6 Å². The smallest absolute Gasteiger partial charge is 0.348 e. The van der Waals surface area contributed by atoms with Gasteiger partial charge in [0, 0.05) is 25.5 Å². The third kappa shape index (κ3) is 1.98. The number of hydrogen-bond acceptors (Lipinski definition) is 4. The molecule has 1 heterocycles. The molecular weight excluding hydrogens is 182 g/mol. The Morgan fingerprint density at radius 2 is 2.50 bits per heavy atom. The van der Waals surface area contributed by atoms with Crippen molar-refractivity contribution in [3.63, 3.8) is 0 Å². The zero-order valence-electron chi connectivity index (χ0n) is 7.89. The van der Waals surface area contributed by atoms with Crippen molar-refractivity contribution in [3.8, 4) is 6.07 Å². The summed E-state index contributed by atoms with van der Waals surface area (Å²) in [5.74, 6) is -0.123. The van der Waals surface area contributed by atoms with Gasteiger partial charge in [-0.15, -0.1) is 0 Å². The van der Waals surface area contributed by atoms with Gasteiger partial charge < -0.3 is 9.30 Å². The van der Waals surface area contributed by atoms with Gasteiger partial charge in [-0.1, -0.05) is 0 Å². The summed E-state index contributed by atoms with van der Waals surface area (Å²) in [6.45, 7) is 0. The second-order valence-corrected chi connectivity index (χ2v) is 2.56. The normalized spacial score (nSPS) is 10.8. The number of nitriles is 1. The van der Waals surface area contributed by atoms with Crippen molar-refractivity contribution < 1.29 is 9.53 Å². The summed E-state index contributed by atoms with van der Waals surface area (Å²) in [4.78, 5) is 15.0. The van der Waals surface area contributed by atoms with Crippen LogP contribution in [0.4, 0.5) is 0 Å². The van der Waals surface area contributed by atoms with Crippen molar-refractivity contribution in [2.45, 2.75) is 0 Å². The average molecular weight is 191 g/mol. The van der Waals surface area contributed by atoms with Crippen molar-refractivity contribution in [1.29, 1.82) is 5.26 Å². The van der Waals surface area contributed by atoms with Crippen molar-refractivity contribution in [1.82, 2.24) is 9.55 Å². The highest BCUT2D eigenvalue weighted by Gasteiger charge is 2.09. The van der Waals surface area contributed by atoms with E-state index in [1.807, 2.05) is 0 Å². The number of esters is 1. The quantitative estimate of drug-likeness (QED) is 0.388. The van der Waals surface area contributed by atoms with Crippen molar-refractivity contribution in [3.05, 3.63) is 23.8 Å². The van der Waals surface area contributed by atoms with E-state index >= 15 is 0 Å². The molecule has 0 saturated heterocycles. The first-order valence-corrected chi connectivity index (χ1v) is 3.86. The molecule has 0 aromatic carbocycles. The molecule has 1 rings (SSSR count). The number of aromatic nitrogens is 2. The third-order valence-electron chi connectivity index (χ3n) is 1.66. The van der Waals surface area contributed by atoms with Gasteiger partial charge in [0.2, 0.25) is 0 Å². The molecule has 5 heteroatoms. The molecule has 5 nitrogen and oxygen atoms in total. The zero-order chi connectivity index (χ0) is 10.6. The van der Waals surface area contributed by atoms with E-state index in [-0.39, 0.29) is 5.57 Å². The summed E-state index contributed by atoms with van der Waals surface area (Å²) < 4.78 is 6.12. The fourth-order valence-corrected chi connectivity index (χ4v) is 0.892. The Kier molecular flexibility index (Phi) is 3.02. The Morgan fingerprint density at radius 1 is 1.79 bits per heavy atom. The van der Waals surface area contributed by atoms with Crippen LogP contribution < -0.4 is 0 Å². The molecule has 0 unspecified atom stereocenters. The minimum Gasteiger partial charge on any atom is -0.465 e. The maximum Gasteiger partial charge on any atom is 0.348 e. The molecule has 72 valence electrons. The van der Waals surface area contributed by atoms with Crippen molar-refractivity contribution >= 4 is 12.0 Å². The molecule has 0 aliphatic rings. The lowest BCUT2D eigenvalue weighted by molar-refractivity contribution is -0.135. The van der Waals surface area contributed by atoms with Gasteiger partial charge in [-0.2, -0.15) is 5.26 Å². The Labute approximate surface area is 81.2 Å². The van der Waals surface area contributed by atoms with Gasteiger partial charge in [-0.25, -0.2) is 9.78 Å². The highest BCUT2D eigenvalue weighted by Crippen LogP contribution is 2.04. The van der Waals surface area contributed by atoms with Crippen LogP contribution in [0.25, 0.3) is 6.08 Å². The minimum atomic E-state index is -0.657. The number of aryl methyl sites for hydroxylation is 1. The largest absolute Gasteiger partial charge is 0.465 e. The number of carbonyl (C=O) groups excluding carboxylic acids is 1. The number of hydrogen-bond donors (Lipinski definition) is 0. The molecule has 0 aliphatic carbocycles. The Morgan fingerprint density at radius 3 is 2.93 bits per heavy atom. The van der Waals surface area contributed by atoms with E-state index in [0.29, 0.717) is 5.82 Å². The molecule has 0 amide bonds. The lowest BCUT2D eigenvalue weighted by Crippen LogP contribution is -2.03. The predicted molar refractivity (Wildman–Crippen MR) is 48.8 cm³/mol. The summed E-state index contributed by atoms with van der Waals surface area (Å²) >= 11 is 0. The SMILES string of the molecule is COC(=O)/C(C#N)=C\c1nccn1C. The van der Waals surface area contributed by atoms with Gasteiger partial charge in [0.05, 0.1) is 7.11 Å². The molecular formula is C9H9N3O2. The Hall–Kier alpha value is -2.09. The van der Waals surface area contributed by atoms with Crippen LogP contribution in [0, 0.1) is 11.3 Å². The van der Waals surface area contributed by atoms with Gasteiger partial charge >= 0.3 is 5.97 Å². The summed E-state index contributed by atoms with van der Waals surface area (Å²) in [7, 11) is 3.00. The van der Waals surface area contributed by atoms with Crippen LogP contribution in [0.1, 0.15) is 5.82 Å². The fourth-order valence-electron chi connectivity index (χ4n) is 0.892. The summed E-state index contributed by atoms with van der Waals surface area (Å²) in [5.41, 5.74) is -0.0678. The number of carbonyl (C=O) groups is 1. The summed E-state index contributed by atoms with van der Waals surface area (Å²) in [6.07, 6.45) is 4.68. The van der Waals surface area contributed by atoms with Crippen LogP contribution >= 0.6 is 0 Å². The minimum absolute atomic E-state index is 0.0678. The molecule has 0 fully saturated rings. The molecule has 0 spiro atoms. The molecule has 14 heavy (non-hydrogen) atoms. The molecule has 0 atom stereocenters. The van der Waals surface area contributed by atoms with E-state index in [1.54, 1.807) is 30.1 Å². The molecule has 1 aromatic rings. The van der Waals surface area contributed by atoms with Gasteiger partial charge in [0.25, 0.3) is 0 Å². The van der Waals surface area contributed by atoms with E-state index in [4.69, 9.17) is 5.26 Å². The van der Waals surface area contributed by atoms with Crippen molar-refractivity contribution in [2.75, 3.05) is 7.11 Å². The number of rotatable bonds is 2. The van der Waals surface area contributed by atoms with E-state index in [2.05, 4.69) is 9.72 Å². The van der Waals surface area contributed by atoms with Gasteiger partial charge in [0.1, 0.15) is 17.5 Å². The molecule has 1 aromatic heterocycles. The Bertz CT molecular complexity index is 412. The molecule has 0 aliphatic heterocycles. The van der Waals surface area contributed by atoms with Crippen LogP contribution in [0.2, 0.25) is 0 Å². The van der Waals surface area contributed by atoms with Crippen molar-refractivity contribution in [2.24, 2.45) is 7.05 Å². The second-order valence-electron chi connectivity index (χ2n) is 2.56. The standard InChI is InChI=1S/C9H9N3O2/c1-12-4-3-11-8(12)5-7(6-10)9(13)14-2/h3-5H,1-2H3/b7-5-. The lowest BCUT2D eigenvalue weighted by Gasteiger charge is -1.96. The fraction of sp³-hybridized carbons (Fsp3) is 0.222. The number of ether oxygens (including phenoxy) is 1. The maximum absolute atomic E-state index is 11.0. The predicted octanol–water partition coefficient (Wildman–Crippen LogP) is 0.500. The monoisotopic (exact) mass is 191 g/mol. The number of methoxy groups -OCH3 is 1. The third-order valence-corrected chi connectivity index (χ3v) is 1.66. The summed E-state index contributed by atoms with van der Waals surface area (Å²) in [6, 6.07) is 1.75. The van der Waals surface area contributed by atoms with Crippen LogP contribution in [0.15, 0.2) is 18.0 Å². The van der Waals surface area contributed by atoms with Gasteiger partial charge in [-0.3, -0.25) is 0 Å². The topological polar surface area (TPSA) is 67.9 Å². The van der Waals surface area contributed by atoms with Crippen LogP contribution in [-0.2, 0) is 16.6 Å². The summed E-state index contributed by atoms with van der Waals surface area (Å²) in [5, 5.41) is 8.66. The van der Waals surface area contributed by atoms with Crippen LogP contribution in [0.5, 0.6) is 0 Å². The Balaban J connectivity index is 3.03. The van der Waals surface area contributed by atoms with Crippen LogP contribution in [0.3, 0.4) is 0 Å². The van der Waals surface area contributed by atoms with E-state index in [0.717, 1.165) is 0 Å². The lowest BCUT2D eigenvalue weighted by atomic mass is 10.2. The zero-order valence-corrected chi connectivity index (χ0v) is 7.89. The van der Waals surface area contributed by atoms with Gasteiger partial charge in [-0.05, 0) is 0 Å². The number of nitrogens with zero attached hydrogens (tertiary/aromatic N) is 3. The average Bonchev–Trinajstić information content (AvgIpc) is 2.59. The van der Waals surface area contributed by atoms with E-state index < -0.39 is 5.97 Å².